The van der Waals surface area contributed by atoms with Crippen molar-refractivity contribution in [3.63, 3.8) is 0 Å². The monoisotopic (exact) mass is 471 g/mol. The van der Waals surface area contributed by atoms with Crippen LogP contribution < -0.4 is 5.32 Å². The molecule has 190 valence electrons. The summed E-state index contributed by atoms with van der Waals surface area (Å²) in [4.78, 5) is 28.9. The lowest BCUT2D eigenvalue weighted by Crippen LogP contribution is -2.42. The van der Waals surface area contributed by atoms with E-state index in [0.29, 0.717) is 38.7 Å². The third-order valence-electron chi connectivity index (χ3n) is 6.84. The van der Waals surface area contributed by atoms with E-state index in [1.807, 2.05) is 4.90 Å². The van der Waals surface area contributed by atoms with E-state index in [0.717, 1.165) is 44.1 Å². The summed E-state index contributed by atoms with van der Waals surface area (Å²) in [7, 11) is 0. The molecule has 0 bridgehead atoms. The fourth-order valence-electron chi connectivity index (χ4n) is 4.56. The van der Waals surface area contributed by atoms with Gasteiger partial charge in [-0.05, 0) is 55.9 Å². The van der Waals surface area contributed by atoms with Crippen molar-refractivity contribution in [2.24, 2.45) is 16.3 Å². The highest BCUT2D eigenvalue weighted by atomic mass is 16.5. The van der Waals surface area contributed by atoms with Gasteiger partial charge in [0.05, 0.1) is 19.3 Å². The number of amides is 2. The highest BCUT2D eigenvalue weighted by molar-refractivity contribution is 5.74. The van der Waals surface area contributed by atoms with Gasteiger partial charge in [0.2, 0.25) is 6.08 Å². The van der Waals surface area contributed by atoms with Crippen LogP contribution >= 0.6 is 0 Å². The molecule has 0 radical (unpaired) electrons. The van der Waals surface area contributed by atoms with Crippen LogP contribution in [-0.2, 0) is 16.1 Å². The molecule has 1 aromatic rings. The van der Waals surface area contributed by atoms with E-state index < -0.39 is 0 Å². The van der Waals surface area contributed by atoms with Crippen molar-refractivity contribution >= 4 is 12.1 Å². The Hall–Kier alpha value is -2.17. The minimum atomic E-state index is -0.0145. The molecule has 2 atom stereocenters. The average molecular weight is 472 g/mol. The maximum atomic E-state index is 12.8. The Morgan fingerprint density at radius 1 is 1.26 bits per heavy atom. The number of nitrogens with zero attached hydrogens (tertiary/aromatic N) is 2. The Morgan fingerprint density at radius 3 is 2.74 bits per heavy atom. The second kappa shape index (κ2) is 15.0. The number of rotatable bonds is 14. The molecule has 0 aromatic heterocycles. The van der Waals surface area contributed by atoms with Gasteiger partial charge in [-0.15, -0.1) is 0 Å². The van der Waals surface area contributed by atoms with Crippen molar-refractivity contribution in [3.8, 4) is 0 Å². The standard InChI is InChI=1S/C28H45N3O3/c1-5-6-16-30-27(33)31(20-25-12-10-23(2)11-13-25)17-18-34-26-9-7-8-24(19-26)14-15-28(3,4)21-29-22-32/h10-13,24,26H,5-9,14-21H2,1-4H3,(H,30,33)/t24-,26-/m0/s1. The number of hydrogen-bond acceptors (Lipinski definition) is 4. The molecular formula is C28H45N3O3. The van der Waals surface area contributed by atoms with Crippen LogP contribution in [-0.4, -0.2) is 49.4 Å². The molecular weight excluding hydrogens is 426 g/mol. The molecule has 0 aliphatic heterocycles. The molecule has 34 heavy (non-hydrogen) atoms. The summed E-state index contributed by atoms with van der Waals surface area (Å²) < 4.78 is 6.28. The Morgan fingerprint density at radius 2 is 2.03 bits per heavy atom. The van der Waals surface area contributed by atoms with Gasteiger partial charge < -0.3 is 15.0 Å². The lowest BCUT2D eigenvalue weighted by molar-refractivity contribution is 0.00319. The lowest BCUT2D eigenvalue weighted by atomic mass is 9.79. The first kappa shape index (κ1) is 28.1. The Bertz CT molecular complexity index is 772. The van der Waals surface area contributed by atoms with E-state index in [-0.39, 0.29) is 17.6 Å². The second-order valence-electron chi connectivity index (χ2n) is 10.6. The summed E-state index contributed by atoms with van der Waals surface area (Å²) in [5, 5.41) is 3.06. The van der Waals surface area contributed by atoms with Gasteiger partial charge in [-0.2, -0.15) is 0 Å². The number of nitrogens with one attached hydrogen (secondary N) is 1. The quantitative estimate of drug-likeness (QED) is 0.205. The van der Waals surface area contributed by atoms with Crippen LogP contribution in [0.3, 0.4) is 0 Å². The smallest absolute Gasteiger partial charge is 0.317 e. The zero-order valence-electron chi connectivity index (χ0n) is 21.8. The van der Waals surface area contributed by atoms with Gasteiger partial charge in [0.1, 0.15) is 0 Å². The molecule has 6 heteroatoms. The summed E-state index contributed by atoms with van der Waals surface area (Å²) in [6.45, 7) is 11.5. The molecule has 1 saturated carbocycles. The Kier molecular flexibility index (Phi) is 12.3. The zero-order chi connectivity index (χ0) is 24.8. The fourth-order valence-corrected chi connectivity index (χ4v) is 4.56. The van der Waals surface area contributed by atoms with E-state index in [1.54, 1.807) is 6.08 Å². The first-order valence-corrected chi connectivity index (χ1v) is 13.1. The number of carbonyl (C=O) groups is 1. The van der Waals surface area contributed by atoms with Crippen molar-refractivity contribution < 1.29 is 14.3 Å². The van der Waals surface area contributed by atoms with Gasteiger partial charge in [0.25, 0.3) is 0 Å². The second-order valence-corrected chi connectivity index (χ2v) is 10.6. The first-order valence-electron chi connectivity index (χ1n) is 13.1. The highest BCUT2D eigenvalue weighted by Gasteiger charge is 2.26. The summed E-state index contributed by atoms with van der Waals surface area (Å²) >= 11 is 0. The Balaban J connectivity index is 1.83. The molecule has 0 saturated heterocycles. The van der Waals surface area contributed by atoms with Gasteiger partial charge in [0, 0.05) is 19.6 Å². The minimum Gasteiger partial charge on any atom is -0.376 e. The molecule has 6 nitrogen and oxygen atoms in total. The molecule has 1 aliphatic rings. The van der Waals surface area contributed by atoms with Crippen LogP contribution in [0, 0.1) is 18.3 Å². The van der Waals surface area contributed by atoms with Crippen LogP contribution in [0.25, 0.3) is 0 Å². The number of aliphatic imine (C=N–C) groups is 1. The van der Waals surface area contributed by atoms with Crippen LogP contribution in [0.15, 0.2) is 29.3 Å². The van der Waals surface area contributed by atoms with Gasteiger partial charge in [-0.25, -0.2) is 14.6 Å². The normalized spacial score (nSPS) is 18.2. The van der Waals surface area contributed by atoms with Crippen LogP contribution in [0.1, 0.15) is 83.3 Å². The number of benzene rings is 1. The average Bonchev–Trinajstić information content (AvgIpc) is 2.82. The van der Waals surface area contributed by atoms with Crippen LogP contribution in [0.2, 0.25) is 0 Å². The fraction of sp³-hybridized carbons (Fsp3) is 0.714. The highest BCUT2D eigenvalue weighted by Crippen LogP contribution is 2.33. The van der Waals surface area contributed by atoms with E-state index in [9.17, 15) is 9.59 Å². The van der Waals surface area contributed by atoms with Crippen molar-refractivity contribution in [3.05, 3.63) is 35.4 Å². The molecule has 1 aromatic carbocycles. The summed E-state index contributed by atoms with van der Waals surface area (Å²) in [5.41, 5.74) is 2.39. The minimum absolute atomic E-state index is 0.0145. The maximum Gasteiger partial charge on any atom is 0.317 e. The molecule has 2 amide bonds. The number of carbonyl (C=O) groups excluding carboxylic acids is 2. The lowest BCUT2D eigenvalue weighted by Gasteiger charge is -2.32. The number of aryl methyl sites for hydroxylation is 1. The number of unbranched alkanes of at least 4 members (excludes halogenated alkanes) is 1. The van der Waals surface area contributed by atoms with E-state index in [4.69, 9.17) is 4.74 Å². The molecule has 1 fully saturated rings. The molecule has 0 spiro atoms. The molecule has 0 unspecified atom stereocenters. The summed E-state index contributed by atoms with van der Waals surface area (Å²) in [6.07, 6.45) is 10.8. The number of isocyanates is 1. The van der Waals surface area contributed by atoms with E-state index in [2.05, 4.69) is 62.3 Å². The SMILES string of the molecule is CCCCNC(=O)N(CCO[C@H]1CCC[C@@H](CCC(C)(C)CN=C=O)C1)Cc1ccc(C)cc1. The van der Waals surface area contributed by atoms with Gasteiger partial charge in [0.15, 0.2) is 0 Å². The van der Waals surface area contributed by atoms with Crippen molar-refractivity contribution in [1.29, 1.82) is 0 Å². The molecule has 1 N–H and O–H groups in total. The predicted octanol–water partition coefficient (Wildman–Crippen LogP) is 6.02. The summed E-state index contributed by atoms with van der Waals surface area (Å²) in [5.74, 6) is 0.652. The third kappa shape index (κ3) is 10.8. The topological polar surface area (TPSA) is 71.0 Å². The van der Waals surface area contributed by atoms with Gasteiger partial charge >= 0.3 is 6.03 Å². The van der Waals surface area contributed by atoms with Crippen molar-refractivity contribution in [1.82, 2.24) is 10.2 Å². The third-order valence-corrected chi connectivity index (χ3v) is 6.84. The molecule has 0 heterocycles. The molecule has 1 aliphatic carbocycles. The van der Waals surface area contributed by atoms with Gasteiger partial charge in [-0.1, -0.05) is 69.9 Å². The largest absolute Gasteiger partial charge is 0.376 e. The van der Waals surface area contributed by atoms with Crippen LogP contribution in [0.4, 0.5) is 4.79 Å². The van der Waals surface area contributed by atoms with Gasteiger partial charge in [-0.3, -0.25) is 0 Å². The van der Waals surface area contributed by atoms with Crippen molar-refractivity contribution in [2.75, 3.05) is 26.2 Å². The number of hydrogen-bond donors (Lipinski definition) is 1. The number of ether oxygens (including phenoxy) is 1. The number of urea groups is 1. The summed E-state index contributed by atoms with van der Waals surface area (Å²) in [6, 6.07) is 8.35. The first-order chi connectivity index (χ1) is 16.3. The Labute approximate surface area is 206 Å². The van der Waals surface area contributed by atoms with Crippen LogP contribution in [0.5, 0.6) is 0 Å². The van der Waals surface area contributed by atoms with E-state index in [1.165, 1.54) is 18.4 Å². The van der Waals surface area contributed by atoms with Crippen molar-refractivity contribution in [2.45, 2.75) is 91.7 Å². The maximum absolute atomic E-state index is 12.8. The van der Waals surface area contributed by atoms with E-state index >= 15 is 0 Å². The molecule has 2 rings (SSSR count). The predicted molar refractivity (Wildman–Crippen MR) is 138 cm³/mol. The zero-order valence-corrected chi connectivity index (χ0v) is 21.8.